The van der Waals surface area contributed by atoms with Crippen molar-refractivity contribution in [2.45, 2.75) is 45.6 Å². The summed E-state index contributed by atoms with van der Waals surface area (Å²) in [5.74, 6) is 1.94. The second-order valence-corrected chi connectivity index (χ2v) is 6.50. The molecule has 1 saturated heterocycles. The molecule has 18 heavy (non-hydrogen) atoms. The lowest BCUT2D eigenvalue weighted by molar-refractivity contribution is 0.316. The first-order valence-electron chi connectivity index (χ1n) is 7.90. The van der Waals surface area contributed by atoms with E-state index in [2.05, 4.69) is 29.4 Å². The van der Waals surface area contributed by atoms with Gasteiger partial charge in [-0.1, -0.05) is 13.8 Å². The molecule has 0 aromatic rings. The smallest absolute Gasteiger partial charge is 0.0107 e. The van der Waals surface area contributed by atoms with Crippen molar-refractivity contribution in [1.29, 1.82) is 0 Å². The first-order chi connectivity index (χ1) is 8.74. The summed E-state index contributed by atoms with van der Waals surface area (Å²) in [4.78, 5) is 2.64. The standard InChI is InChI=1S/C15H31N3/c1-13(2)17-7-5-15-6-9-18(12-15)10-8-16-11-14-3-4-14/h13-17H,3-12H2,1-2H3. The van der Waals surface area contributed by atoms with E-state index in [9.17, 15) is 0 Å². The summed E-state index contributed by atoms with van der Waals surface area (Å²) in [6.07, 6.45) is 5.68. The van der Waals surface area contributed by atoms with Crippen LogP contribution in [-0.2, 0) is 0 Å². The van der Waals surface area contributed by atoms with Crippen molar-refractivity contribution in [2.24, 2.45) is 11.8 Å². The van der Waals surface area contributed by atoms with Crippen LogP contribution in [0.5, 0.6) is 0 Å². The van der Waals surface area contributed by atoms with Gasteiger partial charge in [0.15, 0.2) is 0 Å². The number of hydrogen-bond donors (Lipinski definition) is 2. The van der Waals surface area contributed by atoms with Crippen molar-refractivity contribution in [1.82, 2.24) is 15.5 Å². The molecule has 0 aromatic heterocycles. The van der Waals surface area contributed by atoms with E-state index in [0.717, 1.165) is 11.8 Å². The predicted molar refractivity (Wildman–Crippen MR) is 77.9 cm³/mol. The summed E-state index contributed by atoms with van der Waals surface area (Å²) in [7, 11) is 0. The van der Waals surface area contributed by atoms with Crippen molar-refractivity contribution in [3.8, 4) is 0 Å². The molecule has 0 spiro atoms. The molecule has 106 valence electrons. The van der Waals surface area contributed by atoms with E-state index in [1.807, 2.05) is 0 Å². The summed E-state index contributed by atoms with van der Waals surface area (Å²) >= 11 is 0. The quantitative estimate of drug-likeness (QED) is 0.613. The maximum absolute atomic E-state index is 3.59. The van der Waals surface area contributed by atoms with Crippen LogP contribution in [0.25, 0.3) is 0 Å². The predicted octanol–water partition coefficient (Wildman–Crippen LogP) is 1.70. The summed E-state index contributed by atoms with van der Waals surface area (Å²) in [6.45, 7) is 12.0. The topological polar surface area (TPSA) is 27.3 Å². The molecule has 1 unspecified atom stereocenters. The molecule has 2 fully saturated rings. The molecule has 0 bridgehead atoms. The second-order valence-electron chi connectivity index (χ2n) is 6.50. The van der Waals surface area contributed by atoms with Crippen LogP contribution in [0.1, 0.15) is 39.5 Å². The molecule has 3 nitrogen and oxygen atoms in total. The largest absolute Gasteiger partial charge is 0.315 e. The highest BCUT2D eigenvalue weighted by Crippen LogP contribution is 2.27. The SMILES string of the molecule is CC(C)NCCC1CCN(CCNCC2CC2)C1. The first kappa shape index (κ1) is 14.3. The molecule has 2 rings (SSSR count). The van der Waals surface area contributed by atoms with Gasteiger partial charge in [0.25, 0.3) is 0 Å². The Balaban J connectivity index is 1.45. The molecule has 1 atom stereocenters. The fourth-order valence-corrected chi connectivity index (χ4v) is 2.79. The van der Waals surface area contributed by atoms with Gasteiger partial charge in [-0.15, -0.1) is 0 Å². The monoisotopic (exact) mass is 253 g/mol. The number of nitrogens with one attached hydrogen (secondary N) is 2. The van der Waals surface area contributed by atoms with Crippen LogP contribution in [0, 0.1) is 11.8 Å². The third kappa shape index (κ3) is 5.68. The normalized spacial score (nSPS) is 25.2. The number of rotatable bonds is 9. The van der Waals surface area contributed by atoms with E-state index in [1.54, 1.807) is 0 Å². The van der Waals surface area contributed by atoms with Crippen molar-refractivity contribution < 1.29 is 0 Å². The summed E-state index contributed by atoms with van der Waals surface area (Å²) in [5, 5.41) is 7.12. The Labute approximate surface area is 113 Å². The highest BCUT2D eigenvalue weighted by Gasteiger charge is 2.22. The highest BCUT2D eigenvalue weighted by atomic mass is 15.2. The lowest BCUT2D eigenvalue weighted by atomic mass is 10.1. The van der Waals surface area contributed by atoms with E-state index in [1.165, 1.54) is 65.0 Å². The molecule has 2 N–H and O–H groups in total. The minimum atomic E-state index is 0.633. The lowest BCUT2D eigenvalue weighted by Crippen LogP contribution is -2.32. The van der Waals surface area contributed by atoms with Crippen LogP contribution in [0.15, 0.2) is 0 Å². The van der Waals surface area contributed by atoms with Gasteiger partial charge in [-0.25, -0.2) is 0 Å². The van der Waals surface area contributed by atoms with Crippen LogP contribution in [0.3, 0.4) is 0 Å². The van der Waals surface area contributed by atoms with Gasteiger partial charge >= 0.3 is 0 Å². The van der Waals surface area contributed by atoms with Crippen LogP contribution in [0.4, 0.5) is 0 Å². The Morgan fingerprint density at radius 2 is 1.94 bits per heavy atom. The maximum Gasteiger partial charge on any atom is 0.0107 e. The zero-order chi connectivity index (χ0) is 12.8. The van der Waals surface area contributed by atoms with Gasteiger partial charge in [-0.05, 0) is 57.2 Å². The van der Waals surface area contributed by atoms with Crippen molar-refractivity contribution in [2.75, 3.05) is 39.3 Å². The van der Waals surface area contributed by atoms with Crippen LogP contribution >= 0.6 is 0 Å². The Morgan fingerprint density at radius 3 is 2.67 bits per heavy atom. The van der Waals surface area contributed by atoms with Crippen LogP contribution in [0.2, 0.25) is 0 Å². The molecular weight excluding hydrogens is 222 g/mol. The minimum absolute atomic E-state index is 0.633. The number of likely N-dealkylation sites (tertiary alicyclic amines) is 1. The van der Waals surface area contributed by atoms with Gasteiger partial charge in [0, 0.05) is 25.7 Å². The van der Waals surface area contributed by atoms with Gasteiger partial charge < -0.3 is 15.5 Å². The Morgan fingerprint density at radius 1 is 1.11 bits per heavy atom. The van der Waals surface area contributed by atoms with E-state index in [4.69, 9.17) is 0 Å². The summed E-state index contributed by atoms with van der Waals surface area (Å²) < 4.78 is 0. The molecule has 1 aliphatic heterocycles. The zero-order valence-electron chi connectivity index (χ0n) is 12.3. The van der Waals surface area contributed by atoms with Crippen LogP contribution < -0.4 is 10.6 Å². The third-order valence-electron chi connectivity index (χ3n) is 4.21. The Bertz CT molecular complexity index is 226. The van der Waals surface area contributed by atoms with Crippen molar-refractivity contribution >= 4 is 0 Å². The van der Waals surface area contributed by atoms with Gasteiger partial charge in [-0.3, -0.25) is 0 Å². The highest BCUT2D eigenvalue weighted by molar-refractivity contribution is 4.78. The van der Waals surface area contributed by atoms with Crippen molar-refractivity contribution in [3.63, 3.8) is 0 Å². The van der Waals surface area contributed by atoms with Gasteiger partial charge in [-0.2, -0.15) is 0 Å². The average Bonchev–Trinajstić information content (AvgIpc) is 3.04. The van der Waals surface area contributed by atoms with Crippen molar-refractivity contribution in [3.05, 3.63) is 0 Å². The maximum atomic E-state index is 3.59. The summed E-state index contributed by atoms with van der Waals surface area (Å²) in [5.41, 5.74) is 0. The average molecular weight is 253 g/mol. The molecule has 0 radical (unpaired) electrons. The fourth-order valence-electron chi connectivity index (χ4n) is 2.79. The molecule has 1 heterocycles. The van der Waals surface area contributed by atoms with Gasteiger partial charge in [0.05, 0.1) is 0 Å². The Kier molecular flexibility index (Phi) is 5.93. The van der Waals surface area contributed by atoms with Crippen LogP contribution in [-0.4, -0.2) is 50.2 Å². The molecule has 3 heteroatoms. The number of hydrogen-bond acceptors (Lipinski definition) is 3. The molecule has 0 aromatic carbocycles. The van der Waals surface area contributed by atoms with E-state index >= 15 is 0 Å². The molecule has 0 amide bonds. The Hall–Kier alpha value is -0.120. The van der Waals surface area contributed by atoms with E-state index < -0.39 is 0 Å². The molecule has 2 aliphatic rings. The summed E-state index contributed by atoms with van der Waals surface area (Å²) in [6, 6.07) is 0.633. The second kappa shape index (κ2) is 7.46. The lowest BCUT2D eigenvalue weighted by Gasteiger charge is -2.17. The first-order valence-corrected chi connectivity index (χ1v) is 7.90. The molecule has 1 saturated carbocycles. The zero-order valence-corrected chi connectivity index (χ0v) is 12.3. The van der Waals surface area contributed by atoms with Gasteiger partial charge in [0.2, 0.25) is 0 Å². The minimum Gasteiger partial charge on any atom is -0.315 e. The van der Waals surface area contributed by atoms with E-state index in [-0.39, 0.29) is 0 Å². The third-order valence-corrected chi connectivity index (χ3v) is 4.21. The number of nitrogens with zero attached hydrogens (tertiary/aromatic N) is 1. The molecular formula is C15H31N3. The fraction of sp³-hybridized carbons (Fsp3) is 1.00. The van der Waals surface area contributed by atoms with E-state index in [0.29, 0.717) is 6.04 Å². The molecule has 1 aliphatic carbocycles. The van der Waals surface area contributed by atoms with Gasteiger partial charge in [0.1, 0.15) is 0 Å².